The molecule has 6 nitrogen and oxygen atoms in total. The minimum absolute atomic E-state index is 0.239. The number of imidazole rings is 1. The number of hydrogen-bond acceptors (Lipinski definition) is 4. The van der Waals surface area contributed by atoms with E-state index in [1.165, 1.54) is 0 Å². The zero-order valence-electron chi connectivity index (χ0n) is 13.9. The van der Waals surface area contributed by atoms with Crippen LogP contribution in [0.3, 0.4) is 0 Å². The van der Waals surface area contributed by atoms with Crippen LogP contribution in [0.2, 0.25) is 0 Å². The Bertz CT molecular complexity index is 886. The van der Waals surface area contributed by atoms with Crippen molar-refractivity contribution in [1.82, 2.24) is 9.38 Å². The number of hydrogen-bond donors (Lipinski definition) is 1. The summed E-state index contributed by atoms with van der Waals surface area (Å²) in [5, 5.41) is 2.90. The fraction of sp³-hybridized carbons (Fsp3) is 0.222. The van der Waals surface area contributed by atoms with E-state index in [0.29, 0.717) is 29.3 Å². The quantitative estimate of drug-likeness (QED) is 0.782. The van der Waals surface area contributed by atoms with Crippen LogP contribution < -0.4 is 14.8 Å². The Morgan fingerprint density at radius 2 is 2.04 bits per heavy atom. The van der Waals surface area contributed by atoms with Gasteiger partial charge in [0.15, 0.2) is 0 Å². The Hall–Kier alpha value is -3.02. The number of pyridine rings is 1. The third-order valence-corrected chi connectivity index (χ3v) is 3.81. The van der Waals surface area contributed by atoms with E-state index in [2.05, 4.69) is 10.3 Å². The molecule has 124 valence electrons. The van der Waals surface area contributed by atoms with Crippen molar-refractivity contribution in [2.45, 2.75) is 13.3 Å². The Balaban J connectivity index is 2.02. The van der Waals surface area contributed by atoms with E-state index in [1.54, 1.807) is 36.8 Å². The van der Waals surface area contributed by atoms with E-state index in [-0.39, 0.29) is 5.91 Å². The maximum atomic E-state index is 12.9. The first kappa shape index (κ1) is 15.9. The molecule has 24 heavy (non-hydrogen) atoms. The summed E-state index contributed by atoms with van der Waals surface area (Å²) in [5.74, 6) is 0.966. The summed E-state index contributed by atoms with van der Waals surface area (Å²) in [4.78, 5) is 17.4. The minimum atomic E-state index is -0.239. The lowest BCUT2D eigenvalue weighted by molar-refractivity contribution is 0.102. The lowest BCUT2D eigenvalue weighted by atomic mass is 10.2. The Morgan fingerprint density at radius 3 is 2.75 bits per heavy atom. The Labute approximate surface area is 140 Å². The second-order valence-corrected chi connectivity index (χ2v) is 5.21. The molecular formula is C18H19N3O3. The van der Waals surface area contributed by atoms with Gasteiger partial charge in [-0.25, -0.2) is 4.98 Å². The standard InChI is InChI=1S/C18H19N3O3/c1-4-13-17(21-10-6-5-7-16(21)19-13)18(22)20-14-11-12(23-2)8-9-15(14)24-3/h5-11H,4H2,1-3H3,(H,20,22). The number of aromatic nitrogens is 2. The predicted octanol–water partition coefficient (Wildman–Crippen LogP) is 3.17. The van der Waals surface area contributed by atoms with Gasteiger partial charge in [-0.3, -0.25) is 9.20 Å². The summed E-state index contributed by atoms with van der Waals surface area (Å²) in [7, 11) is 3.14. The summed E-state index contributed by atoms with van der Waals surface area (Å²) in [6.07, 6.45) is 2.50. The Morgan fingerprint density at radius 1 is 1.21 bits per heavy atom. The van der Waals surface area contributed by atoms with Crippen molar-refractivity contribution < 1.29 is 14.3 Å². The topological polar surface area (TPSA) is 64.9 Å². The lowest BCUT2D eigenvalue weighted by Crippen LogP contribution is -2.16. The number of ether oxygens (including phenoxy) is 2. The van der Waals surface area contributed by atoms with Gasteiger partial charge in [-0.1, -0.05) is 13.0 Å². The lowest BCUT2D eigenvalue weighted by Gasteiger charge is -2.12. The smallest absolute Gasteiger partial charge is 0.274 e. The molecule has 0 aliphatic rings. The van der Waals surface area contributed by atoms with Gasteiger partial charge in [0.05, 0.1) is 25.6 Å². The molecule has 0 aliphatic heterocycles. The third kappa shape index (κ3) is 2.78. The number of nitrogens with one attached hydrogen (secondary N) is 1. The summed E-state index contributed by atoms with van der Waals surface area (Å²) in [5.41, 5.74) is 2.57. The third-order valence-electron chi connectivity index (χ3n) is 3.81. The molecular weight excluding hydrogens is 306 g/mol. The van der Waals surface area contributed by atoms with E-state index in [1.807, 2.05) is 31.3 Å². The number of rotatable bonds is 5. The highest BCUT2D eigenvalue weighted by atomic mass is 16.5. The van der Waals surface area contributed by atoms with E-state index in [9.17, 15) is 4.79 Å². The van der Waals surface area contributed by atoms with Gasteiger partial charge in [0.25, 0.3) is 5.91 Å². The van der Waals surface area contributed by atoms with Gasteiger partial charge >= 0.3 is 0 Å². The molecule has 0 atom stereocenters. The van der Waals surface area contributed by atoms with Crippen molar-refractivity contribution in [3.63, 3.8) is 0 Å². The van der Waals surface area contributed by atoms with Crippen LogP contribution >= 0.6 is 0 Å². The zero-order valence-corrected chi connectivity index (χ0v) is 13.9. The highest BCUT2D eigenvalue weighted by Gasteiger charge is 2.19. The molecule has 1 N–H and O–H groups in total. The average molecular weight is 325 g/mol. The predicted molar refractivity (Wildman–Crippen MR) is 92.1 cm³/mol. The summed E-state index contributed by atoms with van der Waals surface area (Å²) in [6.45, 7) is 1.98. The normalized spacial score (nSPS) is 10.6. The number of anilines is 1. The Kier molecular flexibility index (Phi) is 4.37. The van der Waals surface area contributed by atoms with Gasteiger partial charge in [0.1, 0.15) is 22.8 Å². The highest BCUT2D eigenvalue weighted by molar-refractivity contribution is 6.05. The first-order chi connectivity index (χ1) is 11.7. The second-order valence-electron chi connectivity index (χ2n) is 5.21. The average Bonchev–Trinajstić information content (AvgIpc) is 3.00. The number of carbonyl (C=O) groups excluding carboxylic acids is 1. The van der Waals surface area contributed by atoms with Gasteiger partial charge in [-0.05, 0) is 30.7 Å². The van der Waals surface area contributed by atoms with Gasteiger partial charge in [0, 0.05) is 12.3 Å². The van der Waals surface area contributed by atoms with E-state index < -0.39 is 0 Å². The van der Waals surface area contributed by atoms with Crippen molar-refractivity contribution in [1.29, 1.82) is 0 Å². The molecule has 0 radical (unpaired) electrons. The number of nitrogens with zero attached hydrogens (tertiary/aromatic N) is 2. The van der Waals surface area contributed by atoms with Crippen molar-refractivity contribution >= 4 is 17.2 Å². The fourth-order valence-corrected chi connectivity index (χ4v) is 2.62. The van der Waals surface area contributed by atoms with E-state index in [0.717, 1.165) is 11.3 Å². The molecule has 0 fully saturated rings. The highest BCUT2D eigenvalue weighted by Crippen LogP contribution is 2.29. The molecule has 0 aliphatic carbocycles. The number of fused-ring (bicyclic) bond motifs is 1. The molecule has 6 heteroatoms. The molecule has 0 bridgehead atoms. The molecule has 1 amide bonds. The number of carbonyl (C=O) groups is 1. The maximum Gasteiger partial charge on any atom is 0.274 e. The first-order valence-electron chi connectivity index (χ1n) is 7.67. The van der Waals surface area contributed by atoms with Crippen molar-refractivity contribution in [3.05, 3.63) is 54.0 Å². The summed E-state index contributed by atoms with van der Waals surface area (Å²) >= 11 is 0. The molecule has 0 saturated heterocycles. The van der Waals surface area contributed by atoms with Crippen LogP contribution in [0.15, 0.2) is 42.6 Å². The van der Waals surface area contributed by atoms with E-state index in [4.69, 9.17) is 9.47 Å². The van der Waals surface area contributed by atoms with E-state index >= 15 is 0 Å². The van der Waals surface area contributed by atoms with Crippen LogP contribution in [0.25, 0.3) is 5.65 Å². The van der Waals surface area contributed by atoms with Crippen LogP contribution in [0, 0.1) is 0 Å². The van der Waals surface area contributed by atoms with Crippen LogP contribution in [0.4, 0.5) is 5.69 Å². The molecule has 2 aromatic heterocycles. The number of amides is 1. The number of aryl methyl sites for hydroxylation is 1. The van der Waals surface area contributed by atoms with Gasteiger partial charge in [0.2, 0.25) is 0 Å². The van der Waals surface area contributed by atoms with Crippen molar-refractivity contribution in [3.8, 4) is 11.5 Å². The van der Waals surface area contributed by atoms with Crippen LogP contribution in [-0.2, 0) is 6.42 Å². The fourth-order valence-electron chi connectivity index (χ4n) is 2.62. The largest absolute Gasteiger partial charge is 0.497 e. The van der Waals surface area contributed by atoms with Crippen molar-refractivity contribution in [2.24, 2.45) is 0 Å². The van der Waals surface area contributed by atoms with Gasteiger partial charge < -0.3 is 14.8 Å². The van der Waals surface area contributed by atoms with Gasteiger partial charge in [-0.2, -0.15) is 0 Å². The van der Waals surface area contributed by atoms with Crippen LogP contribution in [-0.4, -0.2) is 29.5 Å². The molecule has 1 aromatic carbocycles. The summed E-state index contributed by atoms with van der Waals surface area (Å²) < 4.78 is 12.3. The molecule has 2 heterocycles. The monoisotopic (exact) mass is 325 g/mol. The second kappa shape index (κ2) is 6.62. The minimum Gasteiger partial charge on any atom is -0.497 e. The molecule has 0 unspecified atom stereocenters. The number of benzene rings is 1. The maximum absolute atomic E-state index is 12.9. The summed E-state index contributed by atoms with van der Waals surface area (Å²) in [6, 6.07) is 10.9. The first-order valence-corrected chi connectivity index (χ1v) is 7.67. The van der Waals surface area contributed by atoms with Gasteiger partial charge in [-0.15, -0.1) is 0 Å². The SMILES string of the molecule is CCc1nc2ccccn2c1C(=O)Nc1cc(OC)ccc1OC. The zero-order chi connectivity index (χ0) is 17.1. The molecule has 0 saturated carbocycles. The van der Waals surface area contributed by atoms with Crippen LogP contribution in [0.1, 0.15) is 23.1 Å². The number of methoxy groups -OCH3 is 2. The molecule has 0 spiro atoms. The molecule has 3 aromatic rings. The molecule has 3 rings (SSSR count). The van der Waals surface area contributed by atoms with Crippen molar-refractivity contribution in [2.75, 3.05) is 19.5 Å². The van der Waals surface area contributed by atoms with Crippen LogP contribution in [0.5, 0.6) is 11.5 Å².